The Balaban J connectivity index is 2.97. The molecule has 4 heteroatoms. The van der Waals surface area contributed by atoms with Crippen molar-refractivity contribution in [2.75, 3.05) is 0 Å². The van der Waals surface area contributed by atoms with Gasteiger partial charge in [0.25, 0.3) is 0 Å². The number of aliphatic carboxylic acids is 1. The third-order valence-corrected chi connectivity index (χ3v) is 11.5. The second-order valence-electron chi connectivity index (χ2n) is 7.72. The van der Waals surface area contributed by atoms with Crippen molar-refractivity contribution < 1.29 is 14.3 Å². The SMILES string of the molecule is C=C1[C@H](CC(=O)O)CCC[C@H]1O[Si](C(C)C)(C(C)C)C(C)C. The molecule has 1 aliphatic carbocycles. The molecular formula is C18H34O3Si. The third-order valence-electron chi connectivity index (χ3n) is 5.43. The van der Waals surface area contributed by atoms with Gasteiger partial charge in [-0.15, -0.1) is 0 Å². The normalized spacial score (nSPS) is 23.6. The van der Waals surface area contributed by atoms with E-state index in [1.54, 1.807) is 0 Å². The van der Waals surface area contributed by atoms with Crippen LogP contribution in [0.4, 0.5) is 0 Å². The van der Waals surface area contributed by atoms with Crippen LogP contribution in [0.15, 0.2) is 12.2 Å². The number of carbonyl (C=O) groups is 1. The lowest BCUT2D eigenvalue weighted by Gasteiger charge is -2.46. The van der Waals surface area contributed by atoms with Gasteiger partial charge in [0.05, 0.1) is 12.5 Å². The maximum Gasteiger partial charge on any atom is 0.303 e. The smallest absolute Gasteiger partial charge is 0.303 e. The van der Waals surface area contributed by atoms with E-state index in [1.165, 1.54) is 0 Å². The van der Waals surface area contributed by atoms with Gasteiger partial charge >= 0.3 is 5.97 Å². The minimum atomic E-state index is -1.93. The largest absolute Gasteiger partial charge is 0.481 e. The number of carboxylic acids is 1. The predicted octanol–water partition coefficient (Wildman–Crippen LogP) is 5.38. The van der Waals surface area contributed by atoms with Crippen LogP contribution in [0.3, 0.4) is 0 Å². The fraction of sp³-hybridized carbons (Fsp3) is 0.833. The van der Waals surface area contributed by atoms with Gasteiger partial charge in [0.2, 0.25) is 8.32 Å². The highest BCUT2D eigenvalue weighted by atomic mass is 28.4. The van der Waals surface area contributed by atoms with Crippen LogP contribution in [0.2, 0.25) is 16.6 Å². The molecule has 0 heterocycles. The fourth-order valence-electron chi connectivity index (χ4n) is 4.42. The summed E-state index contributed by atoms with van der Waals surface area (Å²) >= 11 is 0. The molecule has 1 N–H and O–H groups in total. The van der Waals surface area contributed by atoms with Crippen LogP contribution in [0.5, 0.6) is 0 Å². The second-order valence-corrected chi connectivity index (χ2v) is 13.1. The van der Waals surface area contributed by atoms with Crippen LogP contribution in [0.1, 0.15) is 67.2 Å². The first-order chi connectivity index (χ1) is 10.1. The van der Waals surface area contributed by atoms with Crippen LogP contribution < -0.4 is 0 Å². The van der Waals surface area contributed by atoms with Crippen LogP contribution >= 0.6 is 0 Å². The molecule has 0 saturated heterocycles. The number of carboxylic acid groups (broad SMARTS) is 1. The quantitative estimate of drug-likeness (QED) is 0.505. The van der Waals surface area contributed by atoms with Crippen molar-refractivity contribution in [3.05, 3.63) is 12.2 Å². The van der Waals surface area contributed by atoms with Gasteiger partial charge in [-0.1, -0.05) is 48.1 Å². The molecule has 2 atom stereocenters. The average molecular weight is 327 g/mol. The molecule has 0 spiro atoms. The molecule has 1 fully saturated rings. The molecule has 0 aromatic rings. The highest BCUT2D eigenvalue weighted by Crippen LogP contribution is 2.45. The average Bonchev–Trinajstić information content (AvgIpc) is 2.37. The van der Waals surface area contributed by atoms with Crippen molar-refractivity contribution in [1.82, 2.24) is 0 Å². The Morgan fingerprint density at radius 2 is 1.68 bits per heavy atom. The Labute approximate surface area is 137 Å². The number of hydrogen-bond donors (Lipinski definition) is 1. The maximum absolute atomic E-state index is 11.1. The summed E-state index contributed by atoms with van der Waals surface area (Å²) in [6.45, 7) is 17.9. The third kappa shape index (κ3) is 4.02. The maximum atomic E-state index is 11.1. The molecule has 0 bridgehead atoms. The minimum Gasteiger partial charge on any atom is -0.481 e. The summed E-state index contributed by atoms with van der Waals surface area (Å²) in [6.07, 6.45) is 3.22. The molecule has 22 heavy (non-hydrogen) atoms. The van der Waals surface area contributed by atoms with Gasteiger partial charge in [-0.25, -0.2) is 0 Å². The standard InChI is InChI=1S/C18H34O3Si/c1-12(2)22(13(3)4,14(5)6)21-17-10-8-9-16(15(17)7)11-18(19)20/h12-14,16-17H,7-11H2,1-6H3,(H,19,20)/t16-,17+/m0/s1. The molecule has 0 aromatic heterocycles. The summed E-state index contributed by atoms with van der Waals surface area (Å²) in [7, 11) is -1.93. The number of rotatable bonds is 7. The van der Waals surface area contributed by atoms with E-state index in [9.17, 15) is 4.79 Å². The lowest BCUT2D eigenvalue weighted by molar-refractivity contribution is -0.138. The fourth-order valence-corrected chi connectivity index (χ4v) is 10.00. The first-order valence-electron chi connectivity index (χ1n) is 8.71. The second kappa shape index (κ2) is 7.78. The molecule has 0 aromatic carbocycles. The van der Waals surface area contributed by atoms with Crippen molar-refractivity contribution in [2.24, 2.45) is 5.92 Å². The highest BCUT2D eigenvalue weighted by Gasteiger charge is 2.47. The van der Waals surface area contributed by atoms with Crippen molar-refractivity contribution in [2.45, 2.75) is 90.0 Å². The lowest BCUT2D eigenvalue weighted by Crippen LogP contribution is -2.51. The van der Waals surface area contributed by atoms with Crippen LogP contribution in [0.25, 0.3) is 0 Å². The summed E-state index contributed by atoms with van der Waals surface area (Å²) in [5, 5.41) is 9.09. The predicted molar refractivity (Wildman–Crippen MR) is 94.7 cm³/mol. The van der Waals surface area contributed by atoms with E-state index in [0.29, 0.717) is 16.6 Å². The Morgan fingerprint density at radius 1 is 1.18 bits per heavy atom. The zero-order chi connectivity index (χ0) is 17.1. The van der Waals surface area contributed by atoms with E-state index >= 15 is 0 Å². The van der Waals surface area contributed by atoms with E-state index < -0.39 is 14.3 Å². The first-order valence-corrected chi connectivity index (χ1v) is 10.8. The Bertz CT molecular complexity index is 379. The minimum absolute atomic E-state index is 0.0527. The molecule has 0 amide bonds. The zero-order valence-corrected chi connectivity index (χ0v) is 16.2. The topological polar surface area (TPSA) is 46.5 Å². The van der Waals surface area contributed by atoms with Gasteiger partial charge in [0.1, 0.15) is 0 Å². The van der Waals surface area contributed by atoms with E-state index in [1.807, 2.05) is 0 Å². The van der Waals surface area contributed by atoms with Crippen molar-refractivity contribution in [3.63, 3.8) is 0 Å². The summed E-state index contributed by atoms with van der Waals surface area (Å²) in [5.41, 5.74) is 2.65. The van der Waals surface area contributed by atoms with Crippen molar-refractivity contribution >= 4 is 14.3 Å². The van der Waals surface area contributed by atoms with Crippen LogP contribution in [-0.2, 0) is 9.22 Å². The van der Waals surface area contributed by atoms with Gasteiger partial charge < -0.3 is 9.53 Å². The summed E-state index contributed by atoms with van der Waals surface area (Å²) in [4.78, 5) is 11.1. The molecule has 0 radical (unpaired) electrons. The molecular weight excluding hydrogens is 292 g/mol. The lowest BCUT2D eigenvalue weighted by atomic mass is 9.81. The number of hydrogen-bond acceptors (Lipinski definition) is 2. The van der Waals surface area contributed by atoms with E-state index in [0.717, 1.165) is 24.8 Å². The van der Waals surface area contributed by atoms with Gasteiger partial charge in [-0.3, -0.25) is 4.79 Å². The molecule has 1 aliphatic rings. The van der Waals surface area contributed by atoms with Crippen molar-refractivity contribution in [1.29, 1.82) is 0 Å². The first kappa shape index (κ1) is 19.4. The van der Waals surface area contributed by atoms with Crippen LogP contribution in [0, 0.1) is 5.92 Å². The Kier molecular flexibility index (Phi) is 6.87. The molecule has 3 nitrogen and oxygen atoms in total. The molecule has 128 valence electrons. The molecule has 0 unspecified atom stereocenters. The summed E-state index contributed by atoms with van der Waals surface area (Å²) in [6, 6.07) is 0. The monoisotopic (exact) mass is 326 g/mol. The Hall–Kier alpha value is -0.613. The van der Waals surface area contributed by atoms with Gasteiger partial charge in [-0.05, 0) is 47.4 Å². The zero-order valence-electron chi connectivity index (χ0n) is 15.2. The summed E-state index contributed by atoms with van der Waals surface area (Å²) in [5.74, 6) is -0.652. The molecule has 1 rings (SSSR count). The molecule has 0 aliphatic heterocycles. The highest BCUT2D eigenvalue weighted by molar-refractivity contribution is 6.77. The van der Waals surface area contributed by atoms with Crippen molar-refractivity contribution in [3.8, 4) is 0 Å². The van der Waals surface area contributed by atoms with Gasteiger partial charge in [0.15, 0.2) is 0 Å². The van der Waals surface area contributed by atoms with E-state index in [4.69, 9.17) is 9.53 Å². The van der Waals surface area contributed by atoms with Gasteiger partial charge in [0, 0.05) is 0 Å². The molecule has 1 saturated carbocycles. The van der Waals surface area contributed by atoms with E-state index in [2.05, 4.69) is 48.1 Å². The Morgan fingerprint density at radius 3 is 2.09 bits per heavy atom. The summed E-state index contributed by atoms with van der Waals surface area (Å²) < 4.78 is 6.83. The van der Waals surface area contributed by atoms with Gasteiger partial charge in [-0.2, -0.15) is 0 Å². The van der Waals surface area contributed by atoms with Crippen LogP contribution in [-0.4, -0.2) is 25.5 Å². The van der Waals surface area contributed by atoms with E-state index in [-0.39, 0.29) is 18.4 Å².